The molecule has 1 heterocycles. The van der Waals surface area contributed by atoms with E-state index in [1.807, 2.05) is 26.2 Å². The van der Waals surface area contributed by atoms with Gasteiger partial charge in [0.1, 0.15) is 5.75 Å². The first-order valence-corrected chi connectivity index (χ1v) is 6.79. The number of carboxylic acid groups (broad SMARTS) is 1. The fourth-order valence-corrected chi connectivity index (χ4v) is 2.68. The molecule has 0 radical (unpaired) electrons. The number of benzene rings is 1. The molecule has 0 bridgehead atoms. The summed E-state index contributed by atoms with van der Waals surface area (Å²) in [5, 5.41) is 12.4. The molecule has 20 heavy (non-hydrogen) atoms. The number of hydrogen-bond acceptors (Lipinski definition) is 4. The lowest BCUT2D eigenvalue weighted by molar-refractivity contribution is -0.141. The van der Waals surface area contributed by atoms with Gasteiger partial charge in [-0.3, -0.25) is 4.79 Å². The highest BCUT2D eigenvalue weighted by Crippen LogP contribution is 2.34. The van der Waals surface area contributed by atoms with Crippen molar-refractivity contribution in [1.82, 2.24) is 10.2 Å². The fourth-order valence-electron chi connectivity index (χ4n) is 2.68. The fraction of sp³-hybridized carbons (Fsp3) is 0.533. The van der Waals surface area contributed by atoms with E-state index < -0.39 is 5.97 Å². The number of hydrogen-bond donors (Lipinski definition) is 2. The van der Waals surface area contributed by atoms with Crippen molar-refractivity contribution in [3.8, 4) is 5.75 Å². The van der Waals surface area contributed by atoms with Crippen LogP contribution < -0.4 is 10.1 Å². The molecule has 2 atom stereocenters. The van der Waals surface area contributed by atoms with E-state index in [2.05, 4.69) is 16.3 Å². The van der Waals surface area contributed by atoms with Crippen molar-refractivity contribution in [2.45, 2.75) is 19.0 Å². The van der Waals surface area contributed by atoms with Crippen LogP contribution in [0.25, 0.3) is 0 Å². The van der Waals surface area contributed by atoms with Crippen molar-refractivity contribution < 1.29 is 14.6 Å². The van der Waals surface area contributed by atoms with Crippen molar-refractivity contribution >= 4 is 5.97 Å². The quantitative estimate of drug-likeness (QED) is 0.854. The second-order valence-corrected chi connectivity index (χ2v) is 5.55. The molecule has 0 aliphatic carbocycles. The molecule has 2 N–H and O–H groups in total. The van der Waals surface area contributed by atoms with Gasteiger partial charge in [0, 0.05) is 24.7 Å². The third kappa shape index (κ3) is 3.29. The summed E-state index contributed by atoms with van der Waals surface area (Å²) < 4.78 is 5.41. The second kappa shape index (κ2) is 6.24. The number of nitrogens with zero attached hydrogens (tertiary/aromatic N) is 1. The molecule has 2 unspecified atom stereocenters. The van der Waals surface area contributed by atoms with Crippen molar-refractivity contribution in [2.75, 3.05) is 27.7 Å². The average Bonchev–Trinajstić information content (AvgIpc) is 2.87. The smallest absolute Gasteiger partial charge is 0.307 e. The summed E-state index contributed by atoms with van der Waals surface area (Å²) in [6, 6.07) is 6.17. The van der Waals surface area contributed by atoms with E-state index >= 15 is 0 Å². The molecule has 5 heteroatoms. The summed E-state index contributed by atoms with van der Waals surface area (Å²) in [4.78, 5) is 13.2. The third-order valence-electron chi connectivity index (χ3n) is 3.65. The van der Waals surface area contributed by atoms with E-state index in [-0.39, 0.29) is 12.0 Å². The number of ether oxygens (including phenoxy) is 1. The molecular weight excluding hydrogens is 256 g/mol. The lowest BCUT2D eigenvalue weighted by Crippen LogP contribution is -2.18. The summed E-state index contributed by atoms with van der Waals surface area (Å²) in [5.74, 6) is -0.235. The van der Waals surface area contributed by atoms with E-state index in [4.69, 9.17) is 9.84 Å². The standard InChI is InChI=1S/C15H22N2O3/c1-17(2)9-10-4-5-14(20-3)12(6-10)13-7-11(8-16-13)15(18)19/h4-6,11,13,16H,7-9H2,1-3H3,(H,18,19). The summed E-state index contributed by atoms with van der Waals surface area (Å²) in [5.41, 5.74) is 2.25. The van der Waals surface area contributed by atoms with E-state index in [0.29, 0.717) is 13.0 Å². The normalized spacial score (nSPS) is 22.2. The van der Waals surface area contributed by atoms with Gasteiger partial charge in [-0.05, 0) is 38.2 Å². The van der Waals surface area contributed by atoms with Crippen LogP contribution in [0.2, 0.25) is 0 Å². The van der Waals surface area contributed by atoms with Crippen LogP contribution in [0.4, 0.5) is 0 Å². The SMILES string of the molecule is COc1ccc(CN(C)C)cc1C1CC(C(=O)O)CN1. The molecule has 5 nitrogen and oxygen atoms in total. The molecule has 2 rings (SSSR count). The van der Waals surface area contributed by atoms with Gasteiger partial charge in [0.05, 0.1) is 13.0 Å². The highest BCUT2D eigenvalue weighted by molar-refractivity contribution is 5.71. The Hall–Kier alpha value is -1.59. The van der Waals surface area contributed by atoms with Gasteiger partial charge in [-0.2, -0.15) is 0 Å². The van der Waals surface area contributed by atoms with Gasteiger partial charge in [-0.25, -0.2) is 0 Å². The second-order valence-electron chi connectivity index (χ2n) is 5.55. The minimum absolute atomic E-state index is 0.0492. The first kappa shape index (κ1) is 14.8. The largest absolute Gasteiger partial charge is 0.496 e. The van der Waals surface area contributed by atoms with E-state index in [1.165, 1.54) is 5.56 Å². The summed E-state index contributed by atoms with van der Waals surface area (Å²) in [7, 11) is 5.70. The highest BCUT2D eigenvalue weighted by atomic mass is 16.5. The predicted molar refractivity (Wildman–Crippen MR) is 76.9 cm³/mol. The van der Waals surface area contributed by atoms with Crippen LogP contribution in [0.5, 0.6) is 5.75 Å². The van der Waals surface area contributed by atoms with Gasteiger partial charge in [0.2, 0.25) is 0 Å². The Labute approximate surface area is 119 Å². The Morgan fingerprint density at radius 3 is 2.80 bits per heavy atom. The topological polar surface area (TPSA) is 61.8 Å². The Kier molecular flexibility index (Phi) is 4.62. The maximum absolute atomic E-state index is 11.1. The lowest BCUT2D eigenvalue weighted by atomic mass is 9.97. The van der Waals surface area contributed by atoms with E-state index in [9.17, 15) is 4.79 Å². The minimum atomic E-state index is -0.733. The highest BCUT2D eigenvalue weighted by Gasteiger charge is 2.31. The molecule has 1 fully saturated rings. The zero-order chi connectivity index (χ0) is 14.7. The Morgan fingerprint density at radius 2 is 2.25 bits per heavy atom. The van der Waals surface area contributed by atoms with Crippen LogP contribution >= 0.6 is 0 Å². The predicted octanol–water partition coefficient (Wildman–Crippen LogP) is 1.49. The van der Waals surface area contributed by atoms with Gasteiger partial charge in [-0.1, -0.05) is 6.07 Å². The summed E-state index contributed by atoms with van der Waals surface area (Å²) in [6.07, 6.45) is 0.608. The molecule has 0 aromatic heterocycles. The third-order valence-corrected chi connectivity index (χ3v) is 3.65. The van der Waals surface area contributed by atoms with E-state index in [0.717, 1.165) is 17.9 Å². The number of nitrogens with one attached hydrogen (secondary N) is 1. The monoisotopic (exact) mass is 278 g/mol. The van der Waals surface area contributed by atoms with Crippen LogP contribution in [-0.2, 0) is 11.3 Å². The number of methoxy groups -OCH3 is 1. The van der Waals surface area contributed by atoms with Crippen LogP contribution in [0.1, 0.15) is 23.6 Å². The molecule has 1 aromatic rings. The minimum Gasteiger partial charge on any atom is -0.496 e. The molecule has 110 valence electrons. The van der Waals surface area contributed by atoms with Gasteiger partial charge < -0.3 is 20.1 Å². The van der Waals surface area contributed by atoms with Crippen molar-refractivity contribution in [1.29, 1.82) is 0 Å². The molecule has 1 aliphatic heterocycles. The first-order valence-electron chi connectivity index (χ1n) is 6.79. The van der Waals surface area contributed by atoms with Gasteiger partial charge in [-0.15, -0.1) is 0 Å². The van der Waals surface area contributed by atoms with Crippen molar-refractivity contribution in [3.05, 3.63) is 29.3 Å². The van der Waals surface area contributed by atoms with Crippen LogP contribution in [0, 0.1) is 5.92 Å². The molecule has 0 saturated carbocycles. The number of carboxylic acids is 1. The molecule has 1 aromatic carbocycles. The van der Waals surface area contributed by atoms with Crippen LogP contribution in [0.15, 0.2) is 18.2 Å². The maximum atomic E-state index is 11.1. The van der Waals surface area contributed by atoms with E-state index in [1.54, 1.807) is 7.11 Å². The van der Waals surface area contributed by atoms with Gasteiger partial charge in [0.25, 0.3) is 0 Å². The molecule has 1 aliphatic rings. The Morgan fingerprint density at radius 1 is 1.50 bits per heavy atom. The van der Waals surface area contributed by atoms with Crippen molar-refractivity contribution in [2.24, 2.45) is 5.92 Å². The number of aliphatic carboxylic acids is 1. The van der Waals surface area contributed by atoms with Crippen LogP contribution in [-0.4, -0.2) is 43.7 Å². The molecule has 1 saturated heterocycles. The summed E-state index contributed by atoms with van der Waals surface area (Å²) >= 11 is 0. The number of carbonyl (C=O) groups is 1. The lowest BCUT2D eigenvalue weighted by Gasteiger charge is -2.18. The average molecular weight is 278 g/mol. The Bertz CT molecular complexity index is 488. The maximum Gasteiger partial charge on any atom is 0.307 e. The van der Waals surface area contributed by atoms with Gasteiger partial charge >= 0.3 is 5.97 Å². The Balaban J connectivity index is 2.22. The summed E-state index contributed by atoms with van der Waals surface area (Å²) in [6.45, 7) is 1.37. The zero-order valence-corrected chi connectivity index (χ0v) is 12.2. The van der Waals surface area contributed by atoms with Crippen molar-refractivity contribution in [3.63, 3.8) is 0 Å². The number of rotatable bonds is 5. The van der Waals surface area contributed by atoms with Gasteiger partial charge in [0.15, 0.2) is 0 Å². The molecular formula is C15H22N2O3. The van der Waals surface area contributed by atoms with Crippen LogP contribution in [0.3, 0.4) is 0 Å². The first-order chi connectivity index (χ1) is 9.51. The molecule has 0 spiro atoms. The molecule has 0 amide bonds. The zero-order valence-electron chi connectivity index (χ0n) is 12.2.